The summed E-state index contributed by atoms with van der Waals surface area (Å²) >= 11 is 1.80. The van der Waals surface area contributed by atoms with E-state index in [-0.39, 0.29) is 10.8 Å². The molecular weight excluding hydrogens is 420 g/mol. The Balaban J connectivity index is 1.58. The Labute approximate surface area is 200 Å². The third-order valence-electron chi connectivity index (χ3n) is 6.76. The molecule has 0 saturated carbocycles. The summed E-state index contributed by atoms with van der Waals surface area (Å²) < 4.78 is 9.68. The highest BCUT2D eigenvalue weighted by molar-refractivity contribution is 7.23. The van der Waals surface area contributed by atoms with Crippen LogP contribution < -0.4 is 0 Å². The first kappa shape index (κ1) is 19.4. The van der Waals surface area contributed by atoms with Crippen LogP contribution in [0.1, 0.15) is 52.7 Å². The van der Waals surface area contributed by atoms with Gasteiger partial charge in [-0.05, 0) is 51.4 Å². The predicted molar refractivity (Wildman–Crippen MR) is 141 cm³/mol. The molecule has 1 aliphatic rings. The molecule has 0 N–H and O–H groups in total. The molecule has 5 aromatic rings. The highest BCUT2D eigenvalue weighted by Crippen LogP contribution is 2.56. The third-order valence-corrected chi connectivity index (χ3v) is 7.98. The lowest BCUT2D eigenvalue weighted by Crippen LogP contribution is -2.15. The fourth-order valence-corrected chi connectivity index (χ4v) is 6.78. The molecule has 3 aromatic carbocycles. The highest BCUT2D eigenvalue weighted by atomic mass is 32.1. The van der Waals surface area contributed by atoms with Gasteiger partial charge < -0.3 is 0 Å². The molecule has 2 aromatic heterocycles. The standard InChI is InChI=1S/C30H28N2S/c1-29(2,3)16-18-10-13-23-22(14-18)27-24(30(23,4)5)26-28(33-27)25(31-17-32-26)21-12-11-19-8-6-7-9-20(19)15-21/h6-15,17H,16H2,1-5H3/i11D. The molecule has 2 heterocycles. The zero-order valence-corrected chi connectivity index (χ0v) is 20.6. The van der Waals surface area contributed by atoms with Crippen molar-refractivity contribution in [1.29, 1.82) is 0 Å². The van der Waals surface area contributed by atoms with E-state index >= 15 is 0 Å². The first-order valence-electron chi connectivity index (χ1n) is 12.0. The number of thiophene rings is 1. The number of hydrogen-bond acceptors (Lipinski definition) is 3. The molecule has 0 spiro atoms. The van der Waals surface area contributed by atoms with Crippen molar-refractivity contribution >= 4 is 32.3 Å². The summed E-state index contributed by atoms with van der Waals surface area (Å²) in [4.78, 5) is 10.8. The van der Waals surface area contributed by atoms with E-state index in [1.54, 1.807) is 17.7 Å². The molecule has 0 atom stereocenters. The second kappa shape index (κ2) is 6.98. The molecule has 2 nitrogen and oxygen atoms in total. The van der Waals surface area contributed by atoms with Crippen LogP contribution in [0.5, 0.6) is 0 Å². The maximum absolute atomic E-state index is 8.57. The Morgan fingerprint density at radius 2 is 1.76 bits per heavy atom. The number of benzene rings is 3. The van der Waals surface area contributed by atoms with E-state index < -0.39 is 0 Å². The van der Waals surface area contributed by atoms with Gasteiger partial charge in [-0.3, -0.25) is 0 Å². The number of rotatable bonds is 2. The molecule has 164 valence electrons. The summed E-state index contributed by atoms with van der Waals surface area (Å²) in [6.45, 7) is 11.5. The minimum absolute atomic E-state index is 0.112. The Bertz CT molecular complexity index is 1600. The molecule has 1 aliphatic carbocycles. The van der Waals surface area contributed by atoms with Crippen LogP contribution in [-0.2, 0) is 11.8 Å². The Morgan fingerprint density at radius 3 is 2.55 bits per heavy atom. The molecule has 0 unspecified atom stereocenters. The van der Waals surface area contributed by atoms with Gasteiger partial charge >= 0.3 is 0 Å². The summed E-state index contributed by atoms with van der Waals surface area (Å²) in [5.41, 5.74) is 8.50. The maximum Gasteiger partial charge on any atom is 0.116 e. The number of nitrogens with zero attached hydrogens (tertiary/aromatic N) is 2. The highest BCUT2D eigenvalue weighted by Gasteiger charge is 2.40. The van der Waals surface area contributed by atoms with E-state index in [9.17, 15) is 0 Å². The van der Waals surface area contributed by atoms with Crippen LogP contribution in [0.15, 0.2) is 67.0 Å². The number of aromatic nitrogens is 2. The average Bonchev–Trinajstić information content (AvgIpc) is 3.27. The minimum atomic E-state index is -0.112. The average molecular weight is 450 g/mol. The fraction of sp³-hybridized carbons (Fsp3) is 0.267. The third kappa shape index (κ3) is 3.21. The summed E-state index contributed by atoms with van der Waals surface area (Å²) in [6.07, 6.45) is 2.74. The molecule has 6 rings (SSSR count). The smallest absolute Gasteiger partial charge is 0.116 e. The second-order valence-corrected chi connectivity index (χ2v) is 11.9. The van der Waals surface area contributed by atoms with Gasteiger partial charge in [-0.15, -0.1) is 11.3 Å². The van der Waals surface area contributed by atoms with Crippen LogP contribution in [0.25, 0.3) is 42.7 Å². The lowest BCUT2D eigenvalue weighted by molar-refractivity contribution is 0.411. The van der Waals surface area contributed by atoms with Gasteiger partial charge in [0.1, 0.15) is 6.33 Å². The summed E-state index contributed by atoms with van der Waals surface area (Å²) in [5, 5.41) is 2.03. The van der Waals surface area contributed by atoms with E-state index in [1.165, 1.54) is 27.1 Å². The Morgan fingerprint density at radius 1 is 0.970 bits per heavy atom. The fourth-order valence-electron chi connectivity index (χ4n) is 5.32. The first-order chi connectivity index (χ1) is 16.1. The van der Waals surface area contributed by atoms with Gasteiger partial charge in [-0.1, -0.05) is 83.1 Å². The summed E-state index contributed by atoms with van der Waals surface area (Å²) in [6, 6.07) is 19.7. The quantitative estimate of drug-likeness (QED) is 0.270. The van der Waals surface area contributed by atoms with Gasteiger partial charge in [0.2, 0.25) is 0 Å². The molecule has 0 amide bonds. The molecule has 0 saturated heterocycles. The predicted octanol–water partition coefficient (Wildman–Crippen LogP) is 8.41. The molecule has 0 radical (unpaired) electrons. The lowest BCUT2D eigenvalue weighted by atomic mass is 9.81. The van der Waals surface area contributed by atoms with Crippen LogP contribution in [0.2, 0.25) is 0 Å². The van der Waals surface area contributed by atoms with Crippen LogP contribution in [0.4, 0.5) is 0 Å². The van der Waals surface area contributed by atoms with Gasteiger partial charge in [0.25, 0.3) is 0 Å². The van der Waals surface area contributed by atoms with Gasteiger partial charge in [0.05, 0.1) is 17.3 Å². The molecule has 3 heteroatoms. The monoisotopic (exact) mass is 449 g/mol. The molecule has 33 heavy (non-hydrogen) atoms. The van der Waals surface area contributed by atoms with Gasteiger partial charge in [-0.25, -0.2) is 9.97 Å². The topological polar surface area (TPSA) is 25.8 Å². The zero-order chi connectivity index (χ0) is 23.8. The van der Waals surface area contributed by atoms with Crippen LogP contribution in [-0.4, -0.2) is 9.97 Å². The van der Waals surface area contributed by atoms with Crippen molar-refractivity contribution in [2.75, 3.05) is 0 Å². The van der Waals surface area contributed by atoms with Crippen molar-refractivity contribution in [3.63, 3.8) is 0 Å². The van der Waals surface area contributed by atoms with Crippen molar-refractivity contribution < 1.29 is 1.37 Å². The number of fused-ring (bicyclic) bond motifs is 6. The van der Waals surface area contributed by atoms with Crippen molar-refractivity contribution in [2.45, 2.75) is 46.5 Å². The van der Waals surface area contributed by atoms with Crippen LogP contribution in [0, 0.1) is 5.41 Å². The van der Waals surface area contributed by atoms with Crippen LogP contribution in [0.3, 0.4) is 0 Å². The van der Waals surface area contributed by atoms with Crippen molar-refractivity contribution in [3.8, 4) is 21.7 Å². The van der Waals surface area contributed by atoms with Crippen molar-refractivity contribution in [2.24, 2.45) is 5.41 Å². The van der Waals surface area contributed by atoms with Gasteiger partial charge in [0, 0.05) is 21.4 Å². The van der Waals surface area contributed by atoms with E-state index in [0.29, 0.717) is 6.04 Å². The van der Waals surface area contributed by atoms with E-state index in [1.807, 2.05) is 24.3 Å². The molecule has 0 aliphatic heterocycles. The first-order valence-corrected chi connectivity index (χ1v) is 12.4. The molecular formula is C30H28N2S. The van der Waals surface area contributed by atoms with E-state index in [0.717, 1.165) is 38.7 Å². The van der Waals surface area contributed by atoms with Crippen LogP contribution >= 0.6 is 11.3 Å². The minimum Gasteiger partial charge on any atom is -0.235 e. The van der Waals surface area contributed by atoms with E-state index in [4.69, 9.17) is 11.3 Å². The van der Waals surface area contributed by atoms with Crippen molar-refractivity contribution in [1.82, 2.24) is 9.97 Å². The summed E-state index contributed by atoms with van der Waals surface area (Å²) in [5.74, 6) is 0. The zero-order valence-electron chi connectivity index (χ0n) is 20.8. The normalized spacial score (nSPS) is 15.0. The molecule has 0 bridgehead atoms. The van der Waals surface area contributed by atoms with Gasteiger partial charge in [0.15, 0.2) is 0 Å². The maximum atomic E-state index is 8.57. The van der Waals surface area contributed by atoms with Gasteiger partial charge in [-0.2, -0.15) is 0 Å². The summed E-state index contributed by atoms with van der Waals surface area (Å²) in [7, 11) is 0. The number of hydrogen-bond donors (Lipinski definition) is 0. The Kier molecular flexibility index (Phi) is 4.11. The van der Waals surface area contributed by atoms with Crippen molar-refractivity contribution in [3.05, 3.63) is 83.7 Å². The Hall–Kier alpha value is -3.04. The SMILES string of the molecule is [2H]c1cc(-c2ncnc3c4c(sc23)-c2cc(CC(C)(C)C)ccc2C4(C)C)cc2ccccc12. The second-order valence-electron chi connectivity index (χ2n) is 10.9. The molecule has 0 fully saturated rings. The van der Waals surface area contributed by atoms with E-state index in [2.05, 4.69) is 65.0 Å². The largest absolute Gasteiger partial charge is 0.235 e. The lowest BCUT2D eigenvalue weighted by Gasteiger charge is -2.22.